The second kappa shape index (κ2) is 13.9. The van der Waals surface area contributed by atoms with Gasteiger partial charge in [0.15, 0.2) is 0 Å². The summed E-state index contributed by atoms with van der Waals surface area (Å²) >= 11 is 0. The summed E-state index contributed by atoms with van der Waals surface area (Å²) in [4.78, 5) is 27.1. The van der Waals surface area contributed by atoms with Gasteiger partial charge in [0.25, 0.3) is 5.91 Å². The molecule has 5 aromatic rings. The fraction of sp³-hybridized carbons (Fsp3) is 0.282. The minimum atomic E-state index is -1.04. The van der Waals surface area contributed by atoms with Crippen molar-refractivity contribution in [2.24, 2.45) is 0 Å². The van der Waals surface area contributed by atoms with Crippen molar-refractivity contribution in [3.05, 3.63) is 131 Å². The molecule has 0 aliphatic carbocycles. The minimum absolute atomic E-state index is 0.0393. The number of carboxylic acids is 1. The Morgan fingerprint density at radius 2 is 1.66 bits per heavy atom. The molecule has 3 N–H and O–H groups in total. The summed E-state index contributed by atoms with van der Waals surface area (Å²) in [5.74, 6) is -1.09. The van der Waals surface area contributed by atoms with Crippen molar-refractivity contribution < 1.29 is 24.5 Å². The fourth-order valence-corrected chi connectivity index (χ4v) is 6.74. The normalized spacial score (nSPS) is 16.3. The number of carboxylic acid groups (broad SMARTS) is 1. The van der Waals surface area contributed by atoms with Crippen molar-refractivity contribution in [2.45, 2.75) is 65.3 Å². The Morgan fingerprint density at radius 3 is 2.40 bits per heavy atom. The van der Waals surface area contributed by atoms with Gasteiger partial charge in [0.05, 0.1) is 12.2 Å². The van der Waals surface area contributed by atoms with Crippen LogP contribution in [0.4, 0.5) is 0 Å². The Bertz CT molecular complexity index is 1880. The van der Waals surface area contributed by atoms with E-state index >= 15 is 0 Å². The van der Waals surface area contributed by atoms with Crippen LogP contribution in [0.15, 0.2) is 97.1 Å². The average Bonchev–Trinajstić information content (AvgIpc) is 3.68. The number of carbonyl (C=O) groups excluding carboxylic acids is 1. The molecule has 1 unspecified atom stereocenters. The lowest BCUT2D eigenvalue weighted by Gasteiger charge is -2.33. The van der Waals surface area contributed by atoms with E-state index in [1.165, 1.54) is 0 Å². The van der Waals surface area contributed by atoms with E-state index in [0.29, 0.717) is 30.8 Å². The largest absolute Gasteiger partial charge is 0.478 e. The molecule has 1 fully saturated rings. The number of rotatable bonds is 11. The molecule has 47 heavy (non-hydrogen) atoms. The Morgan fingerprint density at radius 1 is 0.936 bits per heavy atom. The number of nitrogens with one attached hydrogen (secondary N) is 1. The topological polar surface area (TPSA) is 104 Å². The molecular formula is C39H41N3O5. The summed E-state index contributed by atoms with van der Waals surface area (Å²) in [6.45, 7) is 7.83. The molecule has 0 spiro atoms. The molecule has 2 heterocycles. The lowest BCUT2D eigenvalue weighted by Crippen LogP contribution is -2.51. The number of fused-ring (bicyclic) bond motifs is 1. The Kier molecular flexibility index (Phi) is 9.54. The molecule has 8 heteroatoms. The smallest absolute Gasteiger partial charge is 0.336 e. The van der Waals surface area contributed by atoms with E-state index in [1.807, 2.05) is 96.8 Å². The number of aryl methyl sites for hydroxylation is 1. The Labute approximate surface area is 275 Å². The molecule has 1 amide bonds. The molecule has 8 nitrogen and oxygen atoms in total. The van der Waals surface area contributed by atoms with Gasteiger partial charge in [-0.05, 0) is 85.7 Å². The number of aromatic carboxylic acids is 1. The van der Waals surface area contributed by atoms with Crippen molar-refractivity contribution in [2.75, 3.05) is 6.54 Å². The van der Waals surface area contributed by atoms with Crippen LogP contribution in [0.5, 0.6) is 0 Å². The highest BCUT2D eigenvalue weighted by atomic mass is 16.6. The number of ether oxygens (including phenoxy) is 1. The molecule has 0 saturated carbocycles. The number of benzene rings is 4. The van der Waals surface area contributed by atoms with Gasteiger partial charge in [0, 0.05) is 47.3 Å². The third-order valence-electron chi connectivity index (χ3n) is 9.47. The maximum atomic E-state index is 13.5. The van der Waals surface area contributed by atoms with Gasteiger partial charge in [-0.3, -0.25) is 9.69 Å². The average molecular weight is 632 g/mol. The second-order valence-electron chi connectivity index (χ2n) is 12.4. The number of carbonyl (C=O) groups is 2. The summed E-state index contributed by atoms with van der Waals surface area (Å²) in [5, 5.41) is 24.6. The number of likely N-dealkylation sites (tertiary alicyclic amines) is 1. The predicted octanol–water partition coefficient (Wildman–Crippen LogP) is 6.75. The molecule has 0 bridgehead atoms. The molecule has 6 rings (SSSR count). The van der Waals surface area contributed by atoms with Gasteiger partial charge in [0.1, 0.15) is 0 Å². The third kappa shape index (κ3) is 6.86. The van der Waals surface area contributed by atoms with Gasteiger partial charge >= 0.3 is 5.97 Å². The highest BCUT2D eigenvalue weighted by Crippen LogP contribution is 2.29. The van der Waals surface area contributed by atoms with E-state index < -0.39 is 12.4 Å². The summed E-state index contributed by atoms with van der Waals surface area (Å²) in [5.41, 5.74) is 7.80. The van der Waals surface area contributed by atoms with Crippen LogP contribution in [0.3, 0.4) is 0 Å². The predicted molar refractivity (Wildman–Crippen MR) is 183 cm³/mol. The van der Waals surface area contributed by atoms with Crippen LogP contribution in [0.25, 0.3) is 22.0 Å². The van der Waals surface area contributed by atoms with Gasteiger partial charge in [-0.15, -0.1) is 0 Å². The number of aliphatic hydroxyl groups is 1. The lowest BCUT2D eigenvalue weighted by atomic mass is 9.99. The molecular weight excluding hydrogens is 590 g/mol. The molecule has 4 aromatic carbocycles. The van der Waals surface area contributed by atoms with Crippen LogP contribution in [0, 0.1) is 13.8 Å². The zero-order valence-electron chi connectivity index (χ0n) is 27.0. The number of hydrogen-bond acceptors (Lipinski definition) is 5. The molecule has 1 aliphatic rings. The van der Waals surface area contributed by atoms with Gasteiger partial charge in [-0.1, -0.05) is 72.8 Å². The molecule has 1 saturated heterocycles. The van der Waals surface area contributed by atoms with Gasteiger partial charge in [-0.2, -0.15) is 0 Å². The third-order valence-corrected chi connectivity index (χ3v) is 9.47. The quantitative estimate of drug-likeness (QED) is 0.139. The van der Waals surface area contributed by atoms with Crippen molar-refractivity contribution >= 4 is 22.8 Å². The standard InChI is InChI=1S/C39H41N3O5/c1-25-27(3)42(23-28-15-17-30(18-16-28)32-12-7-8-13-33(32)38(44)45)36-20-19-31(22-34(25)36)37(43)40-26(2)35-14-9-21-41(35)39(46)47-24-29-10-5-4-6-11-29/h4-8,10-13,15-20,22,26,35,39,46H,9,14,21,23-24H2,1-3H3,(H,40,43)(H,44,45)/t26-,35+,39?/m0/s1. The molecule has 3 atom stereocenters. The van der Waals surface area contributed by atoms with E-state index in [2.05, 4.69) is 23.7 Å². The van der Waals surface area contributed by atoms with Crippen LogP contribution in [0.2, 0.25) is 0 Å². The lowest BCUT2D eigenvalue weighted by molar-refractivity contribution is -0.205. The number of amides is 1. The van der Waals surface area contributed by atoms with Crippen LogP contribution < -0.4 is 5.32 Å². The summed E-state index contributed by atoms with van der Waals surface area (Å²) < 4.78 is 8.04. The first-order valence-corrected chi connectivity index (χ1v) is 16.1. The molecule has 1 aromatic heterocycles. The van der Waals surface area contributed by atoms with E-state index in [-0.39, 0.29) is 23.6 Å². The van der Waals surface area contributed by atoms with Crippen molar-refractivity contribution in [1.82, 2.24) is 14.8 Å². The van der Waals surface area contributed by atoms with Crippen molar-refractivity contribution in [3.63, 3.8) is 0 Å². The highest BCUT2D eigenvalue weighted by Gasteiger charge is 2.34. The minimum Gasteiger partial charge on any atom is -0.478 e. The van der Waals surface area contributed by atoms with Crippen LogP contribution in [-0.4, -0.2) is 56.6 Å². The second-order valence-corrected chi connectivity index (χ2v) is 12.4. The Hall–Kier alpha value is -4.76. The Balaban J connectivity index is 1.14. The van der Waals surface area contributed by atoms with Gasteiger partial charge in [-0.25, -0.2) is 4.79 Å². The number of aromatic nitrogens is 1. The van der Waals surface area contributed by atoms with Gasteiger partial charge < -0.3 is 24.8 Å². The maximum Gasteiger partial charge on any atom is 0.336 e. The molecule has 0 radical (unpaired) electrons. The van der Waals surface area contributed by atoms with Crippen molar-refractivity contribution in [1.29, 1.82) is 0 Å². The van der Waals surface area contributed by atoms with E-state index in [0.717, 1.165) is 51.7 Å². The van der Waals surface area contributed by atoms with Crippen LogP contribution in [-0.2, 0) is 17.9 Å². The highest BCUT2D eigenvalue weighted by molar-refractivity contribution is 5.99. The summed E-state index contributed by atoms with van der Waals surface area (Å²) in [7, 11) is 0. The number of aliphatic hydroxyl groups excluding tert-OH is 1. The van der Waals surface area contributed by atoms with Gasteiger partial charge in [0.2, 0.25) is 6.41 Å². The SMILES string of the molecule is Cc1c(C)n(Cc2ccc(-c3ccccc3C(=O)O)cc2)c2ccc(C(=O)N[C@@H](C)[C@H]3CCCN3C(O)OCc3ccccc3)cc12. The van der Waals surface area contributed by atoms with Crippen LogP contribution >= 0.6 is 0 Å². The molecule has 1 aliphatic heterocycles. The van der Waals surface area contributed by atoms with Crippen LogP contribution in [0.1, 0.15) is 62.9 Å². The van der Waals surface area contributed by atoms with E-state index in [4.69, 9.17) is 4.74 Å². The van der Waals surface area contributed by atoms with E-state index in [1.54, 1.807) is 12.1 Å². The molecule has 242 valence electrons. The number of hydrogen-bond donors (Lipinski definition) is 3. The zero-order chi connectivity index (χ0) is 33.1. The zero-order valence-corrected chi connectivity index (χ0v) is 27.0. The number of nitrogens with zero attached hydrogens (tertiary/aromatic N) is 2. The van der Waals surface area contributed by atoms with Crippen molar-refractivity contribution in [3.8, 4) is 11.1 Å². The maximum absolute atomic E-state index is 13.5. The fourth-order valence-electron chi connectivity index (χ4n) is 6.74. The first-order chi connectivity index (χ1) is 22.7. The summed E-state index contributed by atoms with van der Waals surface area (Å²) in [6.07, 6.45) is 0.744. The monoisotopic (exact) mass is 631 g/mol. The summed E-state index contributed by atoms with van der Waals surface area (Å²) in [6, 6.07) is 30.4. The first kappa shape index (κ1) is 32.2. The van der Waals surface area contributed by atoms with E-state index in [9.17, 15) is 19.8 Å². The first-order valence-electron chi connectivity index (χ1n) is 16.1.